The van der Waals surface area contributed by atoms with Gasteiger partial charge in [-0.1, -0.05) is 19.1 Å². The highest BCUT2D eigenvalue weighted by Gasteiger charge is 2.18. The highest BCUT2D eigenvalue weighted by Crippen LogP contribution is 2.20. The van der Waals surface area contributed by atoms with Crippen molar-refractivity contribution in [3.05, 3.63) is 42.0 Å². The molecule has 0 fully saturated rings. The van der Waals surface area contributed by atoms with E-state index in [1.165, 1.54) is 0 Å². The van der Waals surface area contributed by atoms with Crippen molar-refractivity contribution in [1.29, 1.82) is 0 Å². The number of anilines is 1. The van der Waals surface area contributed by atoms with Gasteiger partial charge in [0.15, 0.2) is 0 Å². The van der Waals surface area contributed by atoms with Crippen LogP contribution in [0.1, 0.15) is 43.0 Å². The zero-order valence-corrected chi connectivity index (χ0v) is 13.4. The average Bonchev–Trinajstić information content (AvgIpc) is 2.60. The molecule has 1 aliphatic carbocycles. The van der Waals surface area contributed by atoms with Crippen LogP contribution in [0.15, 0.2) is 36.4 Å². The average molecular weight is 316 g/mol. The van der Waals surface area contributed by atoms with Crippen molar-refractivity contribution in [2.75, 3.05) is 11.9 Å². The minimum Gasteiger partial charge on any atom is -0.394 e. The molecule has 0 heterocycles. The highest BCUT2D eigenvalue weighted by atomic mass is 16.3. The van der Waals surface area contributed by atoms with Gasteiger partial charge < -0.3 is 15.7 Å². The maximum absolute atomic E-state index is 12.2. The highest BCUT2D eigenvalue weighted by molar-refractivity contribution is 5.96. The van der Waals surface area contributed by atoms with E-state index in [0.717, 1.165) is 19.3 Å². The van der Waals surface area contributed by atoms with E-state index >= 15 is 0 Å². The number of hydrogen-bond donors (Lipinski definition) is 3. The molecule has 124 valence electrons. The number of carbonyl (C=O) groups excluding carboxylic acids is 2. The fourth-order valence-corrected chi connectivity index (χ4v) is 2.53. The fraction of sp³-hybridized carbons (Fsp3) is 0.444. The number of allylic oxidation sites excluding steroid dienone is 2. The molecule has 0 aromatic heterocycles. The van der Waals surface area contributed by atoms with Gasteiger partial charge in [-0.25, -0.2) is 0 Å². The molecular formula is C18H24N2O3. The van der Waals surface area contributed by atoms with E-state index in [4.69, 9.17) is 5.11 Å². The van der Waals surface area contributed by atoms with Gasteiger partial charge in [0, 0.05) is 17.2 Å². The van der Waals surface area contributed by atoms with E-state index in [0.29, 0.717) is 17.7 Å². The van der Waals surface area contributed by atoms with E-state index in [2.05, 4.69) is 16.7 Å². The first-order chi connectivity index (χ1) is 11.1. The number of hydrogen-bond acceptors (Lipinski definition) is 3. The number of amides is 2. The second kappa shape index (κ2) is 8.48. The lowest BCUT2D eigenvalue weighted by molar-refractivity contribution is -0.120. The molecule has 0 aliphatic heterocycles. The molecule has 5 heteroatoms. The third kappa shape index (κ3) is 4.93. The molecular weight excluding hydrogens is 292 g/mol. The first-order valence-electron chi connectivity index (χ1n) is 8.11. The molecule has 5 nitrogen and oxygen atoms in total. The Kier molecular flexibility index (Phi) is 6.35. The van der Waals surface area contributed by atoms with Gasteiger partial charge in [0.05, 0.1) is 12.6 Å². The summed E-state index contributed by atoms with van der Waals surface area (Å²) in [4.78, 5) is 24.2. The van der Waals surface area contributed by atoms with Crippen molar-refractivity contribution in [3.8, 4) is 0 Å². The van der Waals surface area contributed by atoms with Gasteiger partial charge in [0.25, 0.3) is 5.91 Å². The molecule has 1 aromatic rings. The van der Waals surface area contributed by atoms with Crippen molar-refractivity contribution in [2.45, 2.75) is 38.6 Å². The maximum atomic E-state index is 12.2. The van der Waals surface area contributed by atoms with Gasteiger partial charge in [0.2, 0.25) is 5.91 Å². The standard InChI is InChI=1S/C18H24N2O3/c1-2-15(12-21)19-18(23)14-8-10-16(11-9-14)20-17(22)13-6-4-3-5-7-13/h3-4,8-11,13,15,21H,2,5-7,12H2,1H3,(H,19,23)(H,20,22). The molecule has 2 rings (SSSR count). The number of rotatable bonds is 6. The van der Waals surface area contributed by atoms with Crippen molar-refractivity contribution >= 4 is 17.5 Å². The van der Waals surface area contributed by atoms with Crippen LogP contribution in [0.25, 0.3) is 0 Å². The van der Waals surface area contributed by atoms with Gasteiger partial charge in [-0.2, -0.15) is 0 Å². The van der Waals surface area contributed by atoms with Crippen LogP contribution in [0, 0.1) is 5.92 Å². The summed E-state index contributed by atoms with van der Waals surface area (Å²) in [5, 5.41) is 14.8. The van der Waals surface area contributed by atoms with Crippen LogP contribution in [-0.4, -0.2) is 29.6 Å². The van der Waals surface area contributed by atoms with Crippen molar-refractivity contribution in [2.24, 2.45) is 5.92 Å². The van der Waals surface area contributed by atoms with Crippen LogP contribution < -0.4 is 10.6 Å². The van der Waals surface area contributed by atoms with Crippen molar-refractivity contribution in [3.63, 3.8) is 0 Å². The molecule has 1 aliphatic rings. The smallest absolute Gasteiger partial charge is 0.251 e. The minimum atomic E-state index is -0.235. The van der Waals surface area contributed by atoms with E-state index < -0.39 is 0 Å². The quantitative estimate of drug-likeness (QED) is 0.706. The summed E-state index contributed by atoms with van der Waals surface area (Å²) in [5.74, 6) is -0.170. The predicted molar refractivity (Wildman–Crippen MR) is 90.2 cm³/mol. The molecule has 0 spiro atoms. The summed E-state index contributed by atoms with van der Waals surface area (Å²) in [6.45, 7) is 1.83. The van der Waals surface area contributed by atoms with Gasteiger partial charge in [0.1, 0.15) is 0 Å². The van der Waals surface area contributed by atoms with E-state index in [1.807, 2.05) is 13.0 Å². The second-order valence-corrected chi connectivity index (χ2v) is 5.81. The van der Waals surface area contributed by atoms with Crippen LogP contribution in [0.5, 0.6) is 0 Å². The topological polar surface area (TPSA) is 78.4 Å². The second-order valence-electron chi connectivity index (χ2n) is 5.81. The number of carbonyl (C=O) groups is 2. The van der Waals surface area contributed by atoms with Crippen LogP contribution in [0.2, 0.25) is 0 Å². The molecule has 2 atom stereocenters. The van der Waals surface area contributed by atoms with Gasteiger partial charge in [-0.15, -0.1) is 0 Å². The largest absolute Gasteiger partial charge is 0.394 e. The zero-order valence-electron chi connectivity index (χ0n) is 13.4. The Hall–Kier alpha value is -2.14. The summed E-state index contributed by atoms with van der Waals surface area (Å²) >= 11 is 0. The Morgan fingerprint density at radius 1 is 1.26 bits per heavy atom. The van der Waals surface area contributed by atoms with Gasteiger partial charge in [-0.3, -0.25) is 9.59 Å². The first-order valence-corrected chi connectivity index (χ1v) is 8.11. The number of aliphatic hydroxyl groups is 1. The SMILES string of the molecule is CCC(CO)NC(=O)c1ccc(NC(=O)C2CC=CCC2)cc1. The maximum Gasteiger partial charge on any atom is 0.251 e. The van der Waals surface area contributed by atoms with E-state index in [-0.39, 0.29) is 30.4 Å². The molecule has 1 aromatic carbocycles. The normalized spacial score (nSPS) is 18.3. The lowest BCUT2D eigenvalue weighted by Gasteiger charge is -2.17. The Balaban J connectivity index is 1.92. The number of nitrogens with one attached hydrogen (secondary N) is 2. The van der Waals surface area contributed by atoms with E-state index in [9.17, 15) is 9.59 Å². The lowest BCUT2D eigenvalue weighted by atomic mass is 9.93. The van der Waals surface area contributed by atoms with Crippen LogP contribution >= 0.6 is 0 Å². The Morgan fingerprint density at radius 2 is 2.00 bits per heavy atom. The third-order valence-corrected chi connectivity index (χ3v) is 4.10. The Morgan fingerprint density at radius 3 is 2.57 bits per heavy atom. The van der Waals surface area contributed by atoms with Crippen molar-refractivity contribution in [1.82, 2.24) is 5.32 Å². The summed E-state index contributed by atoms with van der Waals surface area (Å²) in [7, 11) is 0. The molecule has 3 N–H and O–H groups in total. The summed E-state index contributed by atoms with van der Waals surface area (Å²) in [5.41, 5.74) is 1.20. The molecule has 0 radical (unpaired) electrons. The van der Waals surface area contributed by atoms with Gasteiger partial charge in [-0.05, 0) is 49.9 Å². The van der Waals surface area contributed by atoms with Crippen LogP contribution in [-0.2, 0) is 4.79 Å². The fourth-order valence-electron chi connectivity index (χ4n) is 2.53. The van der Waals surface area contributed by atoms with Crippen molar-refractivity contribution < 1.29 is 14.7 Å². The lowest BCUT2D eigenvalue weighted by Crippen LogP contribution is -2.36. The molecule has 0 bridgehead atoms. The number of benzene rings is 1. The summed E-state index contributed by atoms with van der Waals surface area (Å²) in [6.07, 6.45) is 7.43. The molecule has 2 amide bonds. The summed E-state index contributed by atoms with van der Waals surface area (Å²) < 4.78 is 0. The Labute approximate surface area is 136 Å². The monoisotopic (exact) mass is 316 g/mol. The summed E-state index contributed by atoms with van der Waals surface area (Å²) in [6, 6.07) is 6.57. The van der Waals surface area contributed by atoms with Crippen LogP contribution in [0.4, 0.5) is 5.69 Å². The molecule has 0 saturated carbocycles. The zero-order chi connectivity index (χ0) is 16.7. The Bertz CT molecular complexity index is 562. The molecule has 0 saturated heterocycles. The third-order valence-electron chi connectivity index (χ3n) is 4.10. The number of aliphatic hydroxyl groups excluding tert-OH is 1. The minimum absolute atomic E-state index is 0.0258. The van der Waals surface area contributed by atoms with Crippen LogP contribution in [0.3, 0.4) is 0 Å². The van der Waals surface area contributed by atoms with E-state index in [1.54, 1.807) is 24.3 Å². The molecule has 2 unspecified atom stereocenters. The van der Waals surface area contributed by atoms with Gasteiger partial charge >= 0.3 is 0 Å². The predicted octanol–water partition coefficient (Wildman–Crippen LogP) is 2.48. The first kappa shape index (κ1) is 17.2. The molecule has 23 heavy (non-hydrogen) atoms.